The number of aliphatic imine (C=N–C) groups is 1. The molecule has 1 saturated heterocycles. The van der Waals surface area contributed by atoms with Crippen LogP contribution in [0.4, 0.5) is 0 Å². The summed E-state index contributed by atoms with van der Waals surface area (Å²) in [5, 5.41) is 7.55. The fourth-order valence-corrected chi connectivity index (χ4v) is 3.13. The molecule has 0 aliphatic carbocycles. The summed E-state index contributed by atoms with van der Waals surface area (Å²) in [5.74, 6) is 1.43. The molecule has 1 atom stereocenters. The molecular weight excluding hydrogens is 334 g/mol. The van der Waals surface area contributed by atoms with Crippen molar-refractivity contribution in [2.75, 3.05) is 52.9 Å². The van der Waals surface area contributed by atoms with E-state index < -0.39 is 0 Å². The average molecular weight is 366 g/mol. The van der Waals surface area contributed by atoms with Crippen LogP contribution in [0.5, 0.6) is 0 Å². The number of nitrogens with zero attached hydrogens (tertiary/aromatic N) is 3. The van der Waals surface area contributed by atoms with Gasteiger partial charge in [-0.25, -0.2) is 4.99 Å². The molecule has 0 spiro atoms. The number of piperazine rings is 1. The van der Waals surface area contributed by atoms with Crippen molar-refractivity contribution in [2.45, 2.75) is 20.4 Å². The first-order valence-electron chi connectivity index (χ1n) is 9.25. The maximum absolute atomic E-state index is 6.21. The van der Waals surface area contributed by atoms with E-state index in [-0.39, 0.29) is 0 Å². The first kappa shape index (κ1) is 20.0. The molecule has 1 aromatic rings. The molecule has 5 nitrogen and oxygen atoms in total. The Labute approximate surface area is 157 Å². The predicted octanol–water partition coefficient (Wildman–Crippen LogP) is 2.28. The third-order valence-corrected chi connectivity index (χ3v) is 4.86. The standard InChI is InChI=1S/C19H32ClN5/c1-4-21-19(23-14-17-7-5-6-8-18(17)20)22-13-16(2)15-25-11-9-24(3)10-12-25/h5-8,16H,4,9-15H2,1-3H3,(H2,21,22,23). The summed E-state index contributed by atoms with van der Waals surface area (Å²) in [4.78, 5) is 9.61. The second kappa shape index (κ2) is 10.6. The lowest BCUT2D eigenvalue weighted by atomic mass is 10.1. The topological polar surface area (TPSA) is 42.9 Å². The number of hydrogen-bond donors (Lipinski definition) is 2. The Bertz CT molecular complexity index is 540. The van der Waals surface area contributed by atoms with Crippen LogP contribution in [0.15, 0.2) is 29.3 Å². The van der Waals surface area contributed by atoms with Gasteiger partial charge >= 0.3 is 0 Å². The molecule has 0 amide bonds. The van der Waals surface area contributed by atoms with Gasteiger partial charge in [-0.15, -0.1) is 0 Å². The van der Waals surface area contributed by atoms with E-state index in [4.69, 9.17) is 11.6 Å². The van der Waals surface area contributed by atoms with Crippen LogP contribution in [-0.2, 0) is 6.54 Å². The third kappa shape index (κ3) is 7.22. The van der Waals surface area contributed by atoms with E-state index >= 15 is 0 Å². The van der Waals surface area contributed by atoms with E-state index in [2.05, 4.69) is 46.3 Å². The van der Waals surface area contributed by atoms with Gasteiger partial charge in [-0.05, 0) is 31.5 Å². The lowest BCUT2D eigenvalue weighted by Crippen LogP contribution is -2.47. The van der Waals surface area contributed by atoms with Gasteiger partial charge in [0.25, 0.3) is 0 Å². The third-order valence-electron chi connectivity index (χ3n) is 4.49. The van der Waals surface area contributed by atoms with Crippen LogP contribution < -0.4 is 10.6 Å². The van der Waals surface area contributed by atoms with Crippen LogP contribution in [0.1, 0.15) is 19.4 Å². The number of guanidine groups is 1. The minimum Gasteiger partial charge on any atom is -0.357 e. The highest BCUT2D eigenvalue weighted by molar-refractivity contribution is 6.31. The Morgan fingerprint density at radius 1 is 1.20 bits per heavy atom. The first-order valence-corrected chi connectivity index (χ1v) is 9.62. The van der Waals surface area contributed by atoms with Crippen molar-refractivity contribution < 1.29 is 0 Å². The molecule has 25 heavy (non-hydrogen) atoms. The number of likely N-dealkylation sites (N-methyl/N-ethyl adjacent to an activating group) is 1. The fourth-order valence-electron chi connectivity index (χ4n) is 2.94. The molecule has 6 heteroatoms. The maximum Gasteiger partial charge on any atom is 0.191 e. The van der Waals surface area contributed by atoms with E-state index in [1.807, 2.05) is 24.3 Å². The molecule has 1 heterocycles. The van der Waals surface area contributed by atoms with Crippen molar-refractivity contribution in [3.05, 3.63) is 34.9 Å². The monoisotopic (exact) mass is 365 g/mol. The number of hydrogen-bond acceptors (Lipinski definition) is 3. The van der Waals surface area contributed by atoms with Gasteiger partial charge in [-0.3, -0.25) is 0 Å². The Kier molecular flexibility index (Phi) is 8.52. The summed E-state index contributed by atoms with van der Waals surface area (Å²) in [6.45, 7) is 12.5. The number of rotatable bonds is 7. The van der Waals surface area contributed by atoms with Gasteiger partial charge in [0, 0.05) is 50.8 Å². The van der Waals surface area contributed by atoms with Gasteiger partial charge in [0.1, 0.15) is 0 Å². The van der Waals surface area contributed by atoms with Crippen molar-refractivity contribution in [2.24, 2.45) is 10.9 Å². The smallest absolute Gasteiger partial charge is 0.191 e. The molecule has 0 bridgehead atoms. The lowest BCUT2D eigenvalue weighted by molar-refractivity contribution is 0.139. The second-order valence-electron chi connectivity index (χ2n) is 6.88. The summed E-state index contributed by atoms with van der Waals surface area (Å²) in [7, 11) is 2.19. The summed E-state index contributed by atoms with van der Waals surface area (Å²) in [6.07, 6.45) is 0. The summed E-state index contributed by atoms with van der Waals surface area (Å²) >= 11 is 6.21. The number of nitrogens with one attached hydrogen (secondary N) is 2. The minimum atomic E-state index is 0.576. The van der Waals surface area contributed by atoms with Crippen LogP contribution in [0.2, 0.25) is 5.02 Å². The van der Waals surface area contributed by atoms with Crippen LogP contribution in [0.3, 0.4) is 0 Å². The van der Waals surface area contributed by atoms with Gasteiger partial charge in [0.2, 0.25) is 0 Å². The van der Waals surface area contributed by atoms with Gasteiger partial charge in [-0.1, -0.05) is 36.7 Å². The summed E-state index contributed by atoms with van der Waals surface area (Å²) < 4.78 is 0. The highest BCUT2D eigenvalue weighted by atomic mass is 35.5. The molecule has 2 rings (SSSR count). The molecule has 0 aromatic heterocycles. The molecule has 0 saturated carbocycles. The van der Waals surface area contributed by atoms with Gasteiger partial charge < -0.3 is 20.4 Å². The van der Waals surface area contributed by atoms with E-state index in [9.17, 15) is 0 Å². The second-order valence-corrected chi connectivity index (χ2v) is 7.28. The lowest BCUT2D eigenvalue weighted by Gasteiger charge is -2.34. The molecule has 1 fully saturated rings. The SMILES string of the molecule is CCNC(=NCc1ccccc1Cl)NCC(C)CN1CCN(C)CC1. The van der Waals surface area contributed by atoms with Crippen LogP contribution >= 0.6 is 11.6 Å². The van der Waals surface area contributed by atoms with Gasteiger partial charge in [0.05, 0.1) is 6.54 Å². The van der Waals surface area contributed by atoms with Crippen LogP contribution in [-0.4, -0.2) is 68.6 Å². The molecule has 1 aromatic carbocycles. The van der Waals surface area contributed by atoms with Crippen LogP contribution in [0.25, 0.3) is 0 Å². The highest BCUT2D eigenvalue weighted by Gasteiger charge is 2.16. The zero-order valence-electron chi connectivity index (χ0n) is 15.8. The van der Waals surface area contributed by atoms with Crippen molar-refractivity contribution in [1.82, 2.24) is 20.4 Å². The van der Waals surface area contributed by atoms with E-state index in [1.54, 1.807) is 0 Å². The molecule has 2 N–H and O–H groups in total. The predicted molar refractivity (Wildman–Crippen MR) is 107 cm³/mol. The van der Waals surface area contributed by atoms with Crippen molar-refractivity contribution >= 4 is 17.6 Å². The number of halogens is 1. The summed E-state index contributed by atoms with van der Waals surface area (Å²) in [6, 6.07) is 7.87. The van der Waals surface area contributed by atoms with Crippen molar-refractivity contribution in [3.63, 3.8) is 0 Å². The van der Waals surface area contributed by atoms with E-state index in [0.29, 0.717) is 12.5 Å². The molecule has 0 radical (unpaired) electrons. The van der Waals surface area contributed by atoms with Gasteiger partial charge in [0.15, 0.2) is 5.96 Å². The number of benzene rings is 1. The Balaban J connectivity index is 1.80. The van der Waals surface area contributed by atoms with Crippen LogP contribution in [0, 0.1) is 5.92 Å². The minimum absolute atomic E-state index is 0.576. The normalized spacial score (nSPS) is 18.2. The zero-order valence-corrected chi connectivity index (χ0v) is 16.5. The maximum atomic E-state index is 6.21. The molecule has 140 valence electrons. The Morgan fingerprint density at radius 2 is 1.92 bits per heavy atom. The van der Waals surface area contributed by atoms with Crippen molar-refractivity contribution in [1.29, 1.82) is 0 Å². The fraction of sp³-hybridized carbons (Fsp3) is 0.632. The average Bonchev–Trinajstić information content (AvgIpc) is 2.60. The molecule has 1 unspecified atom stereocenters. The molecule has 1 aliphatic heterocycles. The highest BCUT2D eigenvalue weighted by Crippen LogP contribution is 2.15. The zero-order chi connectivity index (χ0) is 18.1. The van der Waals surface area contributed by atoms with E-state index in [1.165, 1.54) is 26.2 Å². The van der Waals surface area contributed by atoms with Crippen molar-refractivity contribution in [3.8, 4) is 0 Å². The quantitative estimate of drug-likeness (QED) is 0.574. The first-order chi connectivity index (χ1) is 12.1. The largest absolute Gasteiger partial charge is 0.357 e. The summed E-state index contributed by atoms with van der Waals surface area (Å²) in [5.41, 5.74) is 1.05. The molecular formula is C19H32ClN5. The molecule has 1 aliphatic rings. The van der Waals surface area contributed by atoms with E-state index in [0.717, 1.165) is 36.2 Å². The van der Waals surface area contributed by atoms with Gasteiger partial charge in [-0.2, -0.15) is 0 Å². The Hall–Kier alpha value is -1.30. The Morgan fingerprint density at radius 3 is 2.60 bits per heavy atom.